The molecule has 0 atom stereocenters. The molecular weight excluding hydrogens is 595 g/mol. The second-order valence-electron chi connectivity index (χ2n) is 13.0. The van der Waals surface area contributed by atoms with Gasteiger partial charge in [-0.15, -0.1) is 0 Å². The minimum atomic E-state index is 1.14. The van der Waals surface area contributed by atoms with Crippen molar-refractivity contribution in [2.75, 3.05) is 0 Å². The molecule has 0 aliphatic heterocycles. The number of hydrogen-bond acceptors (Lipinski definition) is 0. The van der Waals surface area contributed by atoms with Crippen LogP contribution in [0, 0.1) is 0 Å². The van der Waals surface area contributed by atoms with Crippen molar-refractivity contribution >= 4 is 76.2 Å². The van der Waals surface area contributed by atoms with Gasteiger partial charge in [0.25, 0.3) is 0 Å². The second kappa shape index (κ2) is 9.96. The van der Waals surface area contributed by atoms with E-state index in [1.807, 2.05) is 0 Å². The molecule has 49 heavy (non-hydrogen) atoms. The fourth-order valence-electron chi connectivity index (χ4n) is 8.26. The molecule has 0 saturated carbocycles. The lowest BCUT2D eigenvalue weighted by molar-refractivity contribution is 1.15. The Bertz CT molecular complexity index is 3100. The van der Waals surface area contributed by atoms with Crippen molar-refractivity contribution in [2.45, 2.75) is 0 Å². The van der Waals surface area contributed by atoms with Crippen LogP contribution in [0.5, 0.6) is 0 Å². The molecular formula is C46H29N3. The van der Waals surface area contributed by atoms with Gasteiger partial charge in [-0.2, -0.15) is 0 Å². The van der Waals surface area contributed by atoms with Gasteiger partial charge in [0.1, 0.15) is 0 Å². The maximum atomic E-state index is 2.46. The third-order valence-corrected chi connectivity index (χ3v) is 10.4. The molecule has 0 amide bonds. The normalized spacial score (nSPS) is 12.1. The first kappa shape index (κ1) is 26.5. The summed E-state index contributed by atoms with van der Waals surface area (Å²) in [6.07, 6.45) is 0. The van der Waals surface area contributed by atoms with Gasteiger partial charge in [0.15, 0.2) is 0 Å². The Balaban J connectivity index is 1.25. The number of rotatable bonds is 3. The quantitative estimate of drug-likeness (QED) is 0.186. The number of para-hydroxylation sites is 4. The van der Waals surface area contributed by atoms with E-state index in [2.05, 4.69) is 190 Å². The van der Waals surface area contributed by atoms with E-state index >= 15 is 0 Å². The molecule has 0 unspecified atom stereocenters. The number of fused-ring (bicyclic) bond motifs is 10. The smallest absolute Gasteiger partial charge is 0.0562 e. The Labute approximate surface area is 282 Å². The summed E-state index contributed by atoms with van der Waals surface area (Å²) in [4.78, 5) is 0. The van der Waals surface area contributed by atoms with E-state index in [1.54, 1.807) is 0 Å². The largest absolute Gasteiger partial charge is 0.309 e. The first-order valence-electron chi connectivity index (χ1n) is 16.9. The monoisotopic (exact) mass is 623 g/mol. The topological polar surface area (TPSA) is 14.8 Å². The average Bonchev–Trinajstić information content (AvgIpc) is 3.79. The molecule has 0 fully saturated rings. The predicted octanol–water partition coefficient (Wildman–Crippen LogP) is 12.1. The molecule has 3 aromatic heterocycles. The van der Waals surface area contributed by atoms with E-state index < -0.39 is 0 Å². The Morgan fingerprint density at radius 2 is 0.673 bits per heavy atom. The van der Waals surface area contributed by atoms with Gasteiger partial charge in [-0.3, -0.25) is 0 Å². The number of hydrogen-bond donors (Lipinski definition) is 0. The Morgan fingerprint density at radius 1 is 0.224 bits per heavy atom. The van der Waals surface area contributed by atoms with Crippen molar-refractivity contribution < 1.29 is 0 Å². The van der Waals surface area contributed by atoms with Crippen LogP contribution in [0.2, 0.25) is 0 Å². The van der Waals surface area contributed by atoms with Crippen molar-refractivity contribution in [1.29, 1.82) is 0 Å². The highest BCUT2D eigenvalue weighted by molar-refractivity contribution is 6.19. The summed E-state index contributed by atoms with van der Waals surface area (Å²) in [5, 5.41) is 10.0. The summed E-state index contributed by atoms with van der Waals surface area (Å²) in [7, 11) is 0. The Hall–Kier alpha value is -6.58. The van der Waals surface area contributed by atoms with Gasteiger partial charge < -0.3 is 13.7 Å². The fourth-order valence-corrected chi connectivity index (χ4v) is 8.26. The molecule has 0 radical (unpaired) electrons. The molecule has 0 saturated heterocycles. The van der Waals surface area contributed by atoms with Gasteiger partial charge in [-0.1, -0.05) is 109 Å². The van der Waals surface area contributed by atoms with Crippen molar-refractivity contribution in [3.63, 3.8) is 0 Å². The van der Waals surface area contributed by atoms with Crippen LogP contribution in [0.15, 0.2) is 176 Å². The van der Waals surface area contributed by atoms with Crippen molar-refractivity contribution in [2.24, 2.45) is 0 Å². The molecule has 228 valence electrons. The summed E-state index contributed by atoms with van der Waals surface area (Å²) < 4.78 is 7.30. The highest BCUT2D eigenvalue weighted by Crippen LogP contribution is 2.41. The first-order chi connectivity index (χ1) is 24.3. The Morgan fingerprint density at radius 3 is 1.33 bits per heavy atom. The van der Waals surface area contributed by atoms with E-state index in [4.69, 9.17) is 0 Å². The van der Waals surface area contributed by atoms with Crippen LogP contribution in [0.25, 0.3) is 93.3 Å². The van der Waals surface area contributed by atoms with E-state index in [0.29, 0.717) is 0 Å². The molecule has 0 N–H and O–H groups in total. The number of benzene rings is 8. The number of aromatic nitrogens is 3. The number of nitrogens with zero attached hydrogens (tertiary/aromatic N) is 3. The molecule has 0 spiro atoms. The Kier molecular flexibility index (Phi) is 5.38. The molecule has 8 aromatic carbocycles. The molecule has 0 aliphatic rings. The second-order valence-corrected chi connectivity index (χ2v) is 13.0. The summed E-state index contributed by atoms with van der Waals surface area (Å²) in [6, 6.07) is 64.3. The predicted molar refractivity (Wildman–Crippen MR) is 207 cm³/mol. The van der Waals surface area contributed by atoms with Crippen LogP contribution in [-0.4, -0.2) is 13.7 Å². The summed E-state index contributed by atoms with van der Waals surface area (Å²) in [5.41, 5.74) is 10.7. The van der Waals surface area contributed by atoms with E-state index in [9.17, 15) is 0 Å². The van der Waals surface area contributed by atoms with Crippen LogP contribution in [0.3, 0.4) is 0 Å². The van der Waals surface area contributed by atoms with Gasteiger partial charge in [0.2, 0.25) is 0 Å². The van der Waals surface area contributed by atoms with Crippen molar-refractivity contribution in [3.8, 4) is 17.1 Å². The van der Waals surface area contributed by atoms with Gasteiger partial charge in [-0.05, 0) is 77.5 Å². The molecule has 0 bridgehead atoms. The summed E-state index contributed by atoms with van der Waals surface area (Å²) in [6.45, 7) is 0. The molecule has 3 nitrogen and oxygen atoms in total. The molecule has 3 heteroatoms. The van der Waals surface area contributed by atoms with Crippen molar-refractivity contribution in [1.82, 2.24) is 13.7 Å². The SMILES string of the molecule is c1ccc(-n2c3ccccc3c3ccc(-n4c5ccccc5c5cc6c7ccccc7n(-c7ccc8ccccc8c7)c6cc54)cc32)cc1. The van der Waals surface area contributed by atoms with E-state index in [0.717, 1.165) is 11.4 Å². The van der Waals surface area contributed by atoms with Crippen molar-refractivity contribution in [3.05, 3.63) is 176 Å². The maximum absolute atomic E-state index is 2.46. The highest BCUT2D eigenvalue weighted by Gasteiger charge is 2.20. The molecule has 3 heterocycles. The summed E-state index contributed by atoms with van der Waals surface area (Å²) in [5.74, 6) is 0. The first-order valence-corrected chi connectivity index (χ1v) is 16.9. The van der Waals surface area contributed by atoms with Gasteiger partial charge in [0.05, 0.1) is 33.1 Å². The third kappa shape index (κ3) is 3.73. The highest BCUT2D eigenvalue weighted by atomic mass is 15.0. The van der Waals surface area contributed by atoms with E-state index in [-0.39, 0.29) is 0 Å². The van der Waals surface area contributed by atoms with Crippen LogP contribution in [-0.2, 0) is 0 Å². The van der Waals surface area contributed by atoms with Crippen LogP contribution in [0.4, 0.5) is 0 Å². The lowest BCUT2D eigenvalue weighted by Crippen LogP contribution is -1.97. The van der Waals surface area contributed by atoms with E-state index in [1.165, 1.54) is 81.9 Å². The van der Waals surface area contributed by atoms with Crippen LogP contribution >= 0.6 is 0 Å². The zero-order valence-electron chi connectivity index (χ0n) is 26.6. The maximum Gasteiger partial charge on any atom is 0.0562 e. The average molecular weight is 624 g/mol. The van der Waals surface area contributed by atoms with Crippen LogP contribution in [0.1, 0.15) is 0 Å². The standard InChI is InChI=1S/C46H29N3/c1-2-14-32(15-3-1)47-41-19-9-6-16-35(41)38-25-24-34(27-44(38)47)49-43-21-11-8-18-37(43)40-28-39-36-17-7-10-20-42(36)48(45(39)29-46(40)49)33-23-22-30-12-4-5-13-31(30)26-33/h1-29H. The van der Waals surface area contributed by atoms with Gasteiger partial charge >= 0.3 is 0 Å². The molecule has 11 aromatic rings. The lowest BCUT2D eigenvalue weighted by Gasteiger charge is -2.12. The third-order valence-electron chi connectivity index (χ3n) is 10.4. The zero-order chi connectivity index (χ0) is 32.1. The van der Waals surface area contributed by atoms with Crippen LogP contribution < -0.4 is 0 Å². The van der Waals surface area contributed by atoms with Gasteiger partial charge in [-0.25, -0.2) is 0 Å². The molecule has 0 aliphatic carbocycles. The van der Waals surface area contributed by atoms with Gasteiger partial charge in [0, 0.05) is 49.4 Å². The lowest BCUT2D eigenvalue weighted by atomic mass is 10.1. The minimum Gasteiger partial charge on any atom is -0.309 e. The zero-order valence-corrected chi connectivity index (χ0v) is 26.6. The summed E-state index contributed by atoms with van der Waals surface area (Å²) >= 11 is 0. The fraction of sp³-hybridized carbons (Fsp3) is 0. The minimum absolute atomic E-state index is 1.14. The molecule has 11 rings (SSSR count).